The molecule has 1 aromatic heterocycles. The fourth-order valence-electron chi connectivity index (χ4n) is 1.41. The first-order valence-electron chi connectivity index (χ1n) is 5.08. The van der Waals surface area contributed by atoms with Crippen LogP contribution in [0, 0.1) is 5.92 Å². The number of nitrogens with zero attached hydrogens (tertiary/aromatic N) is 1. The summed E-state index contributed by atoms with van der Waals surface area (Å²) in [6.07, 6.45) is 4.60. The summed E-state index contributed by atoms with van der Waals surface area (Å²) in [4.78, 5) is 3.95. The fourth-order valence-corrected chi connectivity index (χ4v) is 1.41. The van der Waals surface area contributed by atoms with Crippen LogP contribution in [0.5, 0.6) is 0 Å². The molecule has 0 amide bonds. The molecule has 0 aliphatic carbocycles. The monoisotopic (exact) mass is 193 g/mol. The number of nitrogens with one attached hydrogen (secondary N) is 1. The van der Waals surface area contributed by atoms with E-state index in [1.54, 1.807) is 12.4 Å². The zero-order chi connectivity index (χ0) is 10.4. The number of hydrogen-bond donors (Lipinski definition) is 2. The second kappa shape index (κ2) is 5.60. The lowest BCUT2D eigenvalue weighted by molar-refractivity contribution is 0.508. The van der Waals surface area contributed by atoms with E-state index in [0.717, 1.165) is 18.7 Å². The van der Waals surface area contributed by atoms with Gasteiger partial charge in [-0.05, 0) is 24.5 Å². The highest BCUT2D eigenvalue weighted by molar-refractivity contribution is 5.40. The normalized spacial score (nSPS) is 12.9. The highest BCUT2D eigenvalue weighted by Gasteiger charge is 2.04. The van der Waals surface area contributed by atoms with Gasteiger partial charge in [0.05, 0.1) is 0 Å². The number of rotatable bonds is 5. The Morgan fingerprint density at radius 3 is 2.57 bits per heavy atom. The lowest BCUT2D eigenvalue weighted by atomic mass is 10.0. The molecule has 78 valence electrons. The van der Waals surface area contributed by atoms with E-state index < -0.39 is 0 Å². The highest BCUT2D eigenvalue weighted by atomic mass is 14.9. The summed E-state index contributed by atoms with van der Waals surface area (Å²) in [5, 5.41) is 3.28. The quantitative estimate of drug-likeness (QED) is 0.750. The summed E-state index contributed by atoms with van der Waals surface area (Å²) >= 11 is 0. The lowest BCUT2D eigenvalue weighted by Gasteiger charge is -2.15. The second-order valence-corrected chi connectivity index (χ2v) is 4.01. The minimum atomic E-state index is 0.225. The molecule has 14 heavy (non-hydrogen) atoms. The van der Waals surface area contributed by atoms with Crippen LogP contribution in [0.1, 0.15) is 20.3 Å². The Bertz CT molecular complexity index is 246. The lowest BCUT2D eigenvalue weighted by Crippen LogP contribution is -2.30. The third-order valence-corrected chi connectivity index (χ3v) is 2.02. The minimum Gasteiger partial charge on any atom is -0.383 e. The van der Waals surface area contributed by atoms with Crippen molar-refractivity contribution in [1.29, 1.82) is 0 Å². The van der Waals surface area contributed by atoms with E-state index in [4.69, 9.17) is 5.73 Å². The van der Waals surface area contributed by atoms with Gasteiger partial charge in [0.15, 0.2) is 0 Å². The van der Waals surface area contributed by atoms with Gasteiger partial charge in [-0.1, -0.05) is 13.8 Å². The predicted molar refractivity (Wildman–Crippen MR) is 60.2 cm³/mol. The Balaban J connectivity index is 2.27. The molecule has 1 rings (SSSR count). The van der Waals surface area contributed by atoms with Crippen LogP contribution in [-0.4, -0.2) is 17.6 Å². The number of hydrogen-bond acceptors (Lipinski definition) is 3. The summed E-state index contributed by atoms with van der Waals surface area (Å²) in [6, 6.07) is 4.12. The van der Waals surface area contributed by atoms with E-state index in [2.05, 4.69) is 24.1 Å². The summed E-state index contributed by atoms with van der Waals surface area (Å²) in [5.74, 6) is 0.657. The molecule has 0 saturated carbocycles. The van der Waals surface area contributed by atoms with Crippen molar-refractivity contribution in [2.24, 2.45) is 11.7 Å². The van der Waals surface area contributed by atoms with Gasteiger partial charge in [0.1, 0.15) is 0 Å². The first-order chi connectivity index (χ1) is 6.68. The van der Waals surface area contributed by atoms with Crippen molar-refractivity contribution in [3.63, 3.8) is 0 Å². The molecular weight excluding hydrogens is 174 g/mol. The maximum atomic E-state index is 5.94. The van der Waals surface area contributed by atoms with Crippen LogP contribution in [0.15, 0.2) is 24.5 Å². The van der Waals surface area contributed by atoms with Crippen LogP contribution >= 0.6 is 0 Å². The first-order valence-corrected chi connectivity index (χ1v) is 5.08. The van der Waals surface area contributed by atoms with Gasteiger partial charge in [0.2, 0.25) is 0 Å². The molecule has 0 radical (unpaired) electrons. The van der Waals surface area contributed by atoms with Gasteiger partial charge in [-0.15, -0.1) is 0 Å². The van der Waals surface area contributed by atoms with Crippen molar-refractivity contribution >= 4 is 5.69 Å². The van der Waals surface area contributed by atoms with Gasteiger partial charge in [0.25, 0.3) is 0 Å². The van der Waals surface area contributed by atoms with E-state index in [0.29, 0.717) is 5.92 Å². The Hall–Kier alpha value is -1.09. The third kappa shape index (κ3) is 4.23. The molecule has 3 N–H and O–H groups in total. The van der Waals surface area contributed by atoms with Crippen molar-refractivity contribution in [1.82, 2.24) is 4.98 Å². The number of nitrogens with two attached hydrogens (primary N) is 1. The zero-order valence-electron chi connectivity index (χ0n) is 8.90. The van der Waals surface area contributed by atoms with E-state index in [9.17, 15) is 0 Å². The summed E-state index contributed by atoms with van der Waals surface area (Å²) < 4.78 is 0. The molecule has 3 heteroatoms. The molecule has 0 aliphatic rings. The third-order valence-electron chi connectivity index (χ3n) is 2.02. The van der Waals surface area contributed by atoms with Crippen LogP contribution in [0.25, 0.3) is 0 Å². The van der Waals surface area contributed by atoms with Gasteiger partial charge in [-0.2, -0.15) is 0 Å². The SMILES string of the molecule is CC(C)CC(N)CNc1ccncc1. The first kappa shape index (κ1) is 11.0. The van der Waals surface area contributed by atoms with E-state index in [-0.39, 0.29) is 6.04 Å². The highest BCUT2D eigenvalue weighted by Crippen LogP contribution is 2.06. The molecule has 0 fully saturated rings. The van der Waals surface area contributed by atoms with Gasteiger partial charge >= 0.3 is 0 Å². The maximum absolute atomic E-state index is 5.94. The van der Waals surface area contributed by atoms with Crippen molar-refractivity contribution < 1.29 is 0 Å². The Kier molecular flexibility index (Phi) is 4.40. The van der Waals surface area contributed by atoms with Crippen LogP contribution in [-0.2, 0) is 0 Å². The second-order valence-electron chi connectivity index (χ2n) is 4.01. The van der Waals surface area contributed by atoms with Crippen LogP contribution in [0.2, 0.25) is 0 Å². The molecule has 0 saturated heterocycles. The van der Waals surface area contributed by atoms with E-state index in [1.165, 1.54) is 0 Å². The molecule has 0 bridgehead atoms. The summed E-state index contributed by atoms with van der Waals surface area (Å²) in [5.41, 5.74) is 7.03. The summed E-state index contributed by atoms with van der Waals surface area (Å²) in [7, 11) is 0. The maximum Gasteiger partial charge on any atom is 0.0371 e. The Labute approximate surface area is 85.7 Å². The predicted octanol–water partition coefficient (Wildman–Crippen LogP) is 1.87. The summed E-state index contributed by atoms with van der Waals surface area (Å²) in [6.45, 7) is 5.20. The van der Waals surface area contributed by atoms with Gasteiger partial charge < -0.3 is 11.1 Å². The number of aromatic nitrogens is 1. The molecule has 0 spiro atoms. The molecule has 0 aromatic carbocycles. The van der Waals surface area contributed by atoms with Crippen LogP contribution in [0.3, 0.4) is 0 Å². The Morgan fingerprint density at radius 2 is 2.00 bits per heavy atom. The average Bonchev–Trinajstić information content (AvgIpc) is 2.15. The van der Waals surface area contributed by atoms with Gasteiger partial charge in [0, 0.05) is 30.7 Å². The van der Waals surface area contributed by atoms with Crippen LogP contribution < -0.4 is 11.1 Å². The number of pyridine rings is 1. The molecule has 1 atom stereocenters. The van der Waals surface area contributed by atoms with E-state index in [1.807, 2.05) is 12.1 Å². The zero-order valence-corrected chi connectivity index (χ0v) is 8.90. The van der Waals surface area contributed by atoms with E-state index >= 15 is 0 Å². The average molecular weight is 193 g/mol. The Morgan fingerprint density at radius 1 is 1.36 bits per heavy atom. The van der Waals surface area contributed by atoms with Crippen molar-refractivity contribution in [3.05, 3.63) is 24.5 Å². The molecule has 0 aliphatic heterocycles. The molecule has 1 unspecified atom stereocenters. The number of anilines is 1. The topological polar surface area (TPSA) is 50.9 Å². The van der Waals surface area contributed by atoms with Gasteiger partial charge in [-0.25, -0.2) is 0 Å². The molecule has 3 nitrogen and oxygen atoms in total. The standard InChI is InChI=1S/C11H19N3/c1-9(2)7-10(12)8-14-11-3-5-13-6-4-11/h3-6,9-10H,7-8,12H2,1-2H3,(H,13,14). The van der Waals surface area contributed by atoms with Crippen molar-refractivity contribution in [2.75, 3.05) is 11.9 Å². The van der Waals surface area contributed by atoms with Gasteiger partial charge in [-0.3, -0.25) is 4.98 Å². The molecule has 1 heterocycles. The smallest absolute Gasteiger partial charge is 0.0371 e. The molecule has 1 aromatic rings. The fraction of sp³-hybridized carbons (Fsp3) is 0.545. The van der Waals surface area contributed by atoms with Crippen molar-refractivity contribution in [2.45, 2.75) is 26.3 Å². The largest absolute Gasteiger partial charge is 0.383 e. The van der Waals surface area contributed by atoms with Crippen LogP contribution in [0.4, 0.5) is 5.69 Å². The minimum absolute atomic E-state index is 0.225. The van der Waals surface area contributed by atoms with Crippen molar-refractivity contribution in [3.8, 4) is 0 Å². The molecular formula is C11H19N3.